The topological polar surface area (TPSA) is 93.7 Å². The molecule has 0 aliphatic carbocycles. The SMILES string of the molecule is COc1ccc(C(=O)CCCC(=O)NNC(=O)C(C)Oc2ccccc2F)cc1. The molecule has 0 saturated heterocycles. The summed E-state index contributed by atoms with van der Waals surface area (Å²) in [5, 5.41) is 0. The highest BCUT2D eigenvalue weighted by Gasteiger charge is 2.17. The Morgan fingerprint density at radius 1 is 1.00 bits per heavy atom. The number of ether oxygens (including phenoxy) is 2. The van der Waals surface area contributed by atoms with E-state index in [1.807, 2.05) is 0 Å². The number of methoxy groups -OCH3 is 1. The Balaban J connectivity index is 1.68. The second-order valence-corrected chi connectivity index (χ2v) is 6.23. The molecule has 29 heavy (non-hydrogen) atoms. The van der Waals surface area contributed by atoms with Crippen molar-refractivity contribution in [3.8, 4) is 11.5 Å². The van der Waals surface area contributed by atoms with E-state index >= 15 is 0 Å². The normalized spacial score (nSPS) is 11.3. The van der Waals surface area contributed by atoms with Crippen LogP contribution in [0.1, 0.15) is 36.5 Å². The average molecular weight is 402 g/mol. The molecule has 2 N–H and O–H groups in total. The summed E-state index contributed by atoms with van der Waals surface area (Å²) in [5.41, 5.74) is 5.01. The number of ketones is 1. The number of Topliss-reactive ketones (excluding diaryl/α,β-unsaturated/α-hetero) is 1. The first-order valence-corrected chi connectivity index (χ1v) is 9.08. The Labute approximate surface area is 168 Å². The van der Waals surface area contributed by atoms with E-state index in [9.17, 15) is 18.8 Å². The third-order valence-electron chi connectivity index (χ3n) is 4.05. The highest BCUT2D eigenvalue weighted by atomic mass is 19.1. The summed E-state index contributed by atoms with van der Waals surface area (Å²) in [6, 6.07) is 12.4. The lowest BCUT2D eigenvalue weighted by Gasteiger charge is -2.15. The van der Waals surface area contributed by atoms with Crippen LogP contribution in [0.3, 0.4) is 0 Å². The highest BCUT2D eigenvalue weighted by Crippen LogP contribution is 2.17. The zero-order valence-corrected chi connectivity index (χ0v) is 16.2. The molecule has 0 bridgehead atoms. The van der Waals surface area contributed by atoms with Crippen molar-refractivity contribution >= 4 is 17.6 Å². The third-order valence-corrected chi connectivity index (χ3v) is 4.05. The van der Waals surface area contributed by atoms with E-state index in [0.29, 0.717) is 17.7 Å². The van der Waals surface area contributed by atoms with Gasteiger partial charge in [0.25, 0.3) is 5.91 Å². The quantitative estimate of drug-likeness (QED) is 0.497. The molecule has 0 spiro atoms. The predicted molar refractivity (Wildman–Crippen MR) is 104 cm³/mol. The molecule has 2 aromatic carbocycles. The summed E-state index contributed by atoms with van der Waals surface area (Å²) < 4.78 is 23.8. The molecular formula is C21H23FN2O5. The number of para-hydroxylation sites is 1. The van der Waals surface area contributed by atoms with Crippen LogP contribution in [0.4, 0.5) is 4.39 Å². The van der Waals surface area contributed by atoms with Crippen LogP contribution in [-0.4, -0.2) is 30.8 Å². The fourth-order valence-electron chi connectivity index (χ4n) is 2.41. The third kappa shape index (κ3) is 6.91. The monoisotopic (exact) mass is 402 g/mol. The summed E-state index contributed by atoms with van der Waals surface area (Å²) in [4.78, 5) is 35.9. The summed E-state index contributed by atoms with van der Waals surface area (Å²) in [6.07, 6.45) is -0.428. The largest absolute Gasteiger partial charge is 0.497 e. The van der Waals surface area contributed by atoms with Gasteiger partial charge in [-0.15, -0.1) is 0 Å². The van der Waals surface area contributed by atoms with Gasteiger partial charge in [0.1, 0.15) is 5.75 Å². The van der Waals surface area contributed by atoms with Crippen molar-refractivity contribution in [1.29, 1.82) is 0 Å². The van der Waals surface area contributed by atoms with E-state index in [4.69, 9.17) is 9.47 Å². The minimum absolute atomic E-state index is 0.0569. The number of halogens is 1. The highest BCUT2D eigenvalue weighted by molar-refractivity contribution is 5.96. The zero-order valence-electron chi connectivity index (χ0n) is 16.2. The van der Waals surface area contributed by atoms with Gasteiger partial charge in [-0.3, -0.25) is 25.2 Å². The van der Waals surface area contributed by atoms with Gasteiger partial charge in [0.2, 0.25) is 5.91 Å². The summed E-state index contributed by atoms with van der Waals surface area (Å²) in [7, 11) is 1.54. The number of hydrazine groups is 1. The first kappa shape index (κ1) is 21.9. The van der Waals surface area contributed by atoms with Gasteiger partial charge < -0.3 is 9.47 Å². The lowest BCUT2D eigenvalue weighted by atomic mass is 10.1. The van der Waals surface area contributed by atoms with Gasteiger partial charge in [-0.1, -0.05) is 12.1 Å². The van der Waals surface area contributed by atoms with Gasteiger partial charge in [0.15, 0.2) is 23.5 Å². The molecule has 0 fully saturated rings. The minimum Gasteiger partial charge on any atom is -0.497 e. The number of benzene rings is 2. The standard InChI is InChI=1S/C21H23FN2O5/c1-14(29-19-8-4-3-6-17(19)22)21(27)24-23-20(26)9-5-7-18(25)15-10-12-16(28-2)13-11-15/h3-4,6,8,10-14H,5,7,9H2,1-2H3,(H,23,26)(H,24,27). The van der Waals surface area contributed by atoms with Gasteiger partial charge in [-0.25, -0.2) is 4.39 Å². The van der Waals surface area contributed by atoms with E-state index < -0.39 is 23.7 Å². The van der Waals surface area contributed by atoms with Crippen molar-refractivity contribution < 1.29 is 28.2 Å². The van der Waals surface area contributed by atoms with Crippen LogP contribution in [0.15, 0.2) is 48.5 Å². The number of rotatable bonds is 9. The number of nitrogens with one attached hydrogen (secondary N) is 2. The number of hydrogen-bond acceptors (Lipinski definition) is 5. The number of carbonyl (C=O) groups excluding carboxylic acids is 3. The molecule has 1 unspecified atom stereocenters. The van der Waals surface area contributed by atoms with Crippen molar-refractivity contribution in [3.05, 3.63) is 59.9 Å². The molecule has 0 aliphatic heterocycles. The molecule has 0 aromatic heterocycles. The Hall–Kier alpha value is -3.42. The van der Waals surface area contributed by atoms with Crippen molar-refractivity contribution in [2.75, 3.05) is 7.11 Å². The van der Waals surface area contributed by atoms with Crippen LogP contribution in [0, 0.1) is 5.82 Å². The molecule has 0 saturated carbocycles. The van der Waals surface area contributed by atoms with Gasteiger partial charge in [0.05, 0.1) is 7.11 Å². The number of hydrogen-bond donors (Lipinski definition) is 2. The summed E-state index contributed by atoms with van der Waals surface area (Å²) in [5.74, 6) is -1.15. The van der Waals surface area contributed by atoms with Gasteiger partial charge in [-0.05, 0) is 49.7 Å². The Morgan fingerprint density at radius 3 is 2.34 bits per heavy atom. The van der Waals surface area contributed by atoms with Gasteiger partial charge in [-0.2, -0.15) is 0 Å². The summed E-state index contributed by atoms with van der Waals surface area (Å²) in [6.45, 7) is 1.43. The molecule has 2 aromatic rings. The van der Waals surface area contributed by atoms with Crippen LogP contribution < -0.4 is 20.3 Å². The Bertz CT molecular complexity index is 854. The molecule has 0 heterocycles. The first-order valence-electron chi connectivity index (χ1n) is 9.08. The predicted octanol–water partition coefficient (Wildman–Crippen LogP) is 2.80. The maximum absolute atomic E-state index is 13.5. The van der Waals surface area contributed by atoms with Crippen LogP contribution >= 0.6 is 0 Å². The fourth-order valence-corrected chi connectivity index (χ4v) is 2.41. The molecule has 2 amide bonds. The van der Waals surface area contributed by atoms with Crippen LogP contribution in [0.25, 0.3) is 0 Å². The van der Waals surface area contributed by atoms with E-state index in [1.165, 1.54) is 25.1 Å². The van der Waals surface area contributed by atoms with Gasteiger partial charge in [0, 0.05) is 18.4 Å². The van der Waals surface area contributed by atoms with Crippen molar-refractivity contribution in [2.45, 2.75) is 32.3 Å². The van der Waals surface area contributed by atoms with Crippen molar-refractivity contribution in [3.63, 3.8) is 0 Å². The molecule has 1 atom stereocenters. The van der Waals surface area contributed by atoms with Crippen LogP contribution in [-0.2, 0) is 9.59 Å². The molecule has 2 rings (SSSR count). The smallest absolute Gasteiger partial charge is 0.279 e. The minimum atomic E-state index is -1.01. The lowest BCUT2D eigenvalue weighted by Crippen LogP contribution is -2.47. The number of carbonyl (C=O) groups is 3. The average Bonchev–Trinajstić information content (AvgIpc) is 2.73. The van der Waals surface area contributed by atoms with E-state index in [2.05, 4.69) is 10.9 Å². The molecule has 0 radical (unpaired) electrons. The maximum atomic E-state index is 13.5. The van der Waals surface area contributed by atoms with E-state index in [1.54, 1.807) is 37.4 Å². The molecule has 154 valence electrons. The second kappa shape index (κ2) is 10.8. The Morgan fingerprint density at radius 2 is 1.69 bits per heavy atom. The van der Waals surface area contributed by atoms with Gasteiger partial charge >= 0.3 is 0 Å². The molecule has 7 nitrogen and oxygen atoms in total. The van der Waals surface area contributed by atoms with Crippen LogP contribution in [0.2, 0.25) is 0 Å². The fraction of sp³-hybridized carbons (Fsp3) is 0.286. The number of amides is 2. The Kier molecular flexibility index (Phi) is 8.14. The molecule has 0 aliphatic rings. The molecular weight excluding hydrogens is 379 g/mol. The first-order chi connectivity index (χ1) is 13.9. The van der Waals surface area contributed by atoms with E-state index in [-0.39, 0.29) is 24.4 Å². The maximum Gasteiger partial charge on any atom is 0.279 e. The summed E-state index contributed by atoms with van der Waals surface area (Å²) >= 11 is 0. The van der Waals surface area contributed by atoms with Crippen LogP contribution in [0.5, 0.6) is 11.5 Å². The van der Waals surface area contributed by atoms with Crippen molar-refractivity contribution in [1.82, 2.24) is 10.9 Å². The van der Waals surface area contributed by atoms with Crippen molar-refractivity contribution in [2.24, 2.45) is 0 Å². The molecule has 8 heteroatoms. The zero-order chi connectivity index (χ0) is 21.2. The lowest BCUT2D eigenvalue weighted by molar-refractivity contribution is -0.132. The van der Waals surface area contributed by atoms with E-state index in [0.717, 1.165) is 0 Å². The second-order valence-electron chi connectivity index (χ2n) is 6.23.